The number of amides is 2. The highest BCUT2D eigenvalue weighted by Crippen LogP contribution is 2.34. The molecule has 152 valence electrons. The van der Waals surface area contributed by atoms with Crippen molar-refractivity contribution in [2.45, 2.75) is 38.5 Å². The second-order valence-electron chi connectivity index (χ2n) is 7.86. The van der Waals surface area contributed by atoms with Gasteiger partial charge in [-0.25, -0.2) is 8.78 Å². The lowest BCUT2D eigenvalue weighted by atomic mass is 9.80. The molecule has 1 N–H and O–H groups in total. The van der Waals surface area contributed by atoms with Gasteiger partial charge in [0, 0.05) is 24.1 Å². The van der Waals surface area contributed by atoms with Crippen LogP contribution in [0.15, 0.2) is 42.5 Å². The smallest absolute Gasteiger partial charge is 0.230 e. The molecule has 1 aliphatic heterocycles. The van der Waals surface area contributed by atoms with E-state index < -0.39 is 17.3 Å². The zero-order valence-corrected chi connectivity index (χ0v) is 16.2. The third-order valence-corrected chi connectivity index (χ3v) is 6.03. The molecule has 1 saturated carbocycles. The number of carbonyl (C=O) groups excluding carboxylic acids is 2. The van der Waals surface area contributed by atoms with Gasteiger partial charge in [0.1, 0.15) is 17.3 Å². The van der Waals surface area contributed by atoms with Crippen LogP contribution < -0.4 is 10.2 Å². The Balaban J connectivity index is 1.37. The normalized spacial score (nSPS) is 21.4. The Morgan fingerprint density at radius 3 is 2.28 bits per heavy atom. The number of halogens is 2. The molecule has 1 aliphatic carbocycles. The maximum absolute atomic E-state index is 13.8. The minimum Gasteiger partial charge on any atom is -0.321 e. The van der Waals surface area contributed by atoms with Crippen LogP contribution in [-0.4, -0.2) is 18.4 Å². The van der Waals surface area contributed by atoms with Crippen LogP contribution in [0.25, 0.3) is 0 Å². The number of carbonyl (C=O) groups is 2. The Kier molecular flexibility index (Phi) is 5.60. The minimum atomic E-state index is -0.786. The van der Waals surface area contributed by atoms with Crippen LogP contribution in [0.1, 0.15) is 37.7 Å². The molecule has 0 spiro atoms. The number of aryl methyl sites for hydroxylation is 1. The number of anilines is 2. The summed E-state index contributed by atoms with van der Waals surface area (Å²) in [6.45, 7) is 0.725. The highest BCUT2D eigenvalue weighted by atomic mass is 19.1. The largest absolute Gasteiger partial charge is 0.321 e. The summed E-state index contributed by atoms with van der Waals surface area (Å²) in [6, 6.07) is 11.5. The summed E-state index contributed by atoms with van der Waals surface area (Å²) < 4.78 is 27.5. The van der Waals surface area contributed by atoms with E-state index in [1.807, 2.05) is 23.1 Å². The van der Waals surface area contributed by atoms with E-state index in [-0.39, 0.29) is 23.7 Å². The van der Waals surface area contributed by atoms with Crippen LogP contribution in [0, 0.1) is 23.5 Å². The van der Waals surface area contributed by atoms with Gasteiger partial charge in [-0.2, -0.15) is 0 Å². The highest BCUT2D eigenvalue weighted by Gasteiger charge is 2.34. The van der Waals surface area contributed by atoms with E-state index in [0.717, 1.165) is 37.2 Å². The lowest BCUT2D eigenvalue weighted by molar-refractivity contribution is -0.126. The molecular formula is C23H24F2N2O2. The third-order valence-electron chi connectivity index (χ3n) is 6.03. The average Bonchev–Trinajstić information content (AvgIpc) is 2.75. The van der Waals surface area contributed by atoms with Gasteiger partial charge in [0.15, 0.2) is 0 Å². The molecule has 0 unspecified atom stereocenters. The molecule has 0 aromatic heterocycles. The first-order chi connectivity index (χ1) is 14.0. The summed E-state index contributed by atoms with van der Waals surface area (Å²) in [5.74, 6) is -2.29. The van der Waals surface area contributed by atoms with E-state index in [4.69, 9.17) is 0 Å². The van der Waals surface area contributed by atoms with Crippen LogP contribution >= 0.6 is 0 Å². The number of benzene rings is 2. The third kappa shape index (κ3) is 4.02. The fraction of sp³-hybridized carbons (Fsp3) is 0.391. The SMILES string of the molecule is O=C(Nc1c(F)cccc1F)C1CCC(C(=O)N2CCCc3ccccc32)CC1. The topological polar surface area (TPSA) is 49.4 Å². The van der Waals surface area contributed by atoms with Gasteiger partial charge >= 0.3 is 0 Å². The zero-order chi connectivity index (χ0) is 20.4. The Labute approximate surface area is 168 Å². The van der Waals surface area contributed by atoms with E-state index in [1.54, 1.807) is 0 Å². The van der Waals surface area contributed by atoms with E-state index in [1.165, 1.54) is 11.6 Å². The second-order valence-corrected chi connectivity index (χ2v) is 7.86. The van der Waals surface area contributed by atoms with Crippen LogP contribution in [0.5, 0.6) is 0 Å². The predicted molar refractivity (Wildman–Crippen MR) is 108 cm³/mol. The molecule has 2 aromatic carbocycles. The predicted octanol–water partition coefficient (Wildman–Crippen LogP) is 4.69. The second kappa shape index (κ2) is 8.31. The summed E-state index contributed by atoms with van der Waals surface area (Å²) in [5, 5.41) is 2.38. The summed E-state index contributed by atoms with van der Waals surface area (Å²) in [4.78, 5) is 27.5. The van der Waals surface area contributed by atoms with E-state index in [9.17, 15) is 18.4 Å². The first-order valence-corrected chi connectivity index (χ1v) is 10.2. The molecule has 0 atom stereocenters. The van der Waals surface area contributed by atoms with Gasteiger partial charge in [0.2, 0.25) is 11.8 Å². The van der Waals surface area contributed by atoms with Gasteiger partial charge < -0.3 is 10.2 Å². The maximum Gasteiger partial charge on any atom is 0.230 e. The summed E-state index contributed by atoms with van der Waals surface area (Å²) in [5.41, 5.74) is 1.80. The number of nitrogens with one attached hydrogen (secondary N) is 1. The molecule has 29 heavy (non-hydrogen) atoms. The molecule has 4 rings (SSSR count). The summed E-state index contributed by atoms with van der Waals surface area (Å²) in [7, 11) is 0. The van der Waals surface area contributed by atoms with E-state index in [0.29, 0.717) is 25.7 Å². The van der Waals surface area contributed by atoms with Crippen LogP contribution in [0.3, 0.4) is 0 Å². The van der Waals surface area contributed by atoms with Gasteiger partial charge in [0.25, 0.3) is 0 Å². The number of rotatable bonds is 3. The molecule has 6 heteroatoms. The molecule has 2 aliphatic rings. The summed E-state index contributed by atoms with van der Waals surface area (Å²) in [6.07, 6.45) is 4.22. The van der Waals surface area contributed by atoms with E-state index >= 15 is 0 Å². The van der Waals surface area contributed by atoms with Crippen molar-refractivity contribution in [3.05, 3.63) is 59.7 Å². The molecule has 0 bridgehead atoms. The Morgan fingerprint density at radius 2 is 1.55 bits per heavy atom. The van der Waals surface area contributed by atoms with Crippen molar-refractivity contribution in [2.75, 3.05) is 16.8 Å². The van der Waals surface area contributed by atoms with Crippen molar-refractivity contribution < 1.29 is 18.4 Å². The van der Waals surface area contributed by atoms with Crippen LogP contribution in [0.4, 0.5) is 20.2 Å². The van der Waals surface area contributed by atoms with E-state index in [2.05, 4.69) is 11.4 Å². The Morgan fingerprint density at radius 1 is 0.897 bits per heavy atom. The highest BCUT2D eigenvalue weighted by molar-refractivity contribution is 5.97. The minimum absolute atomic E-state index is 0.115. The quantitative estimate of drug-likeness (QED) is 0.816. The first-order valence-electron chi connectivity index (χ1n) is 10.2. The zero-order valence-electron chi connectivity index (χ0n) is 16.2. The molecule has 1 fully saturated rings. The molecule has 2 aromatic rings. The van der Waals surface area contributed by atoms with Crippen molar-refractivity contribution in [3.8, 4) is 0 Å². The van der Waals surface area contributed by atoms with Crippen LogP contribution in [-0.2, 0) is 16.0 Å². The standard InChI is InChI=1S/C23H24F2N2O2/c24-18-7-3-8-19(25)21(18)26-22(28)16-10-12-17(13-11-16)23(29)27-14-4-6-15-5-1-2-9-20(15)27/h1-3,5,7-9,16-17H,4,6,10-14H2,(H,26,28). The van der Waals surface area contributed by atoms with Crippen molar-refractivity contribution in [3.63, 3.8) is 0 Å². The average molecular weight is 398 g/mol. The first kappa shape index (κ1) is 19.6. The number of para-hydroxylation sites is 2. The number of nitrogens with zero attached hydrogens (tertiary/aromatic N) is 1. The monoisotopic (exact) mass is 398 g/mol. The van der Waals surface area contributed by atoms with Gasteiger partial charge in [-0.15, -0.1) is 0 Å². The molecular weight excluding hydrogens is 374 g/mol. The van der Waals surface area contributed by atoms with Crippen molar-refractivity contribution in [1.82, 2.24) is 0 Å². The Hall–Kier alpha value is -2.76. The van der Waals surface area contributed by atoms with Crippen molar-refractivity contribution >= 4 is 23.2 Å². The number of fused-ring (bicyclic) bond motifs is 1. The molecule has 1 heterocycles. The van der Waals surface area contributed by atoms with Gasteiger partial charge in [-0.05, 0) is 62.3 Å². The fourth-order valence-electron chi connectivity index (χ4n) is 4.43. The molecule has 0 saturated heterocycles. The van der Waals surface area contributed by atoms with Crippen molar-refractivity contribution in [2.24, 2.45) is 11.8 Å². The number of hydrogen-bond acceptors (Lipinski definition) is 2. The lowest BCUT2D eigenvalue weighted by Crippen LogP contribution is -2.41. The van der Waals surface area contributed by atoms with Crippen LogP contribution in [0.2, 0.25) is 0 Å². The van der Waals surface area contributed by atoms with Gasteiger partial charge in [-0.3, -0.25) is 9.59 Å². The van der Waals surface area contributed by atoms with Crippen molar-refractivity contribution in [1.29, 1.82) is 0 Å². The lowest BCUT2D eigenvalue weighted by Gasteiger charge is -2.34. The van der Waals surface area contributed by atoms with Gasteiger partial charge in [0.05, 0.1) is 0 Å². The van der Waals surface area contributed by atoms with Gasteiger partial charge in [-0.1, -0.05) is 24.3 Å². The number of hydrogen-bond donors (Lipinski definition) is 1. The fourth-order valence-corrected chi connectivity index (χ4v) is 4.43. The molecule has 0 radical (unpaired) electrons. The Bertz CT molecular complexity index is 903. The molecule has 2 amide bonds. The maximum atomic E-state index is 13.8. The summed E-state index contributed by atoms with van der Waals surface area (Å²) >= 11 is 0. The molecule has 4 nitrogen and oxygen atoms in total.